The minimum Gasteiger partial charge on any atom is -0.748 e. The van der Waals surface area contributed by atoms with Gasteiger partial charge in [0.25, 0.3) is 0 Å². The van der Waals surface area contributed by atoms with E-state index >= 15 is 0 Å². The molecule has 0 aliphatic rings. The van der Waals surface area contributed by atoms with Gasteiger partial charge in [0.15, 0.2) is 0 Å². The first-order valence-electron chi connectivity index (χ1n) is 2.66. The van der Waals surface area contributed by atoms with Gasteiger partial charge in [-0.1, -0.05) is 11.6 Å². The van der Waals surface area contributed by atoms with Crippen molar-refractivity contribution in [1.29, 1.82) is 0 Å². The Bertz CT molecular complexity index is 214. The van der Waals surface area contributed by atoms with E-state index in [4.69, 9.17) is 5.11 Å². The van der Waals surface area contributed by atoms with Gasteiger partial charge in [-0.05, 0) is 6.92 Å². The third-order valence-electron chi connectivity index (χ3n) is 0.844. The van der Waals surface area contributed by atoms with Crippen molar-refractivity contribution < 1.29 is 18.1 Å². The van der Waals surface area contributed by atoms with E-state index < -0.39 is 15.9 Å². The molecule has 0 heterocycles. The van der Waals surface area contributed by atoms with E-state index in [-0.39, 0.29) is 6.61 Å². The molecule has 0 aromatic rings. The van der Waals surface area contributed by atoms with Crippen molar-refractivity contribution in [3.05, 3.63) is 11.6 Å². The van der Waals surface area contributed by atoms with Gasteiger partial charge in [0, 0.05) is 0 Å². The molecule has 0 saturated heterocycles. The summed E-state index contributed by atoms with van der Waals surface area (Å²) >= 11 is 0. The van der Waals surface area contributed by atoms with Crippen LogP contribution in [0.25, 0.3) is 0 Å². The van der Waals surface area contributed by atoms with E-state index in [0.717, 1.165) is 0 Å². The van der Waals surface area contributed by atoms with Gasteiger partial charge in [-0.15, -0.1) is 0 Å². The van der Waals surface area contributed by atoms with Crippen LogP contribution in [-0.4, -0.2) is 30.4 Å². The maximum absolute atomic E-state index is 10.0. The average molecular weight is 165 g/mol. The molecule has 0 rings (SSSR count). The van der Waals surface area contributed by atoms with Gasteiger partial charge in [-0.2, -0.15) is 0 Å². The predicted octanol–water partition coefficient (Wildman–Crippen LogP) is -0.530. The summed E-state index contributed by atoms with van der Waals surface area (Å²) in [6.07, 6.45) is 1.29. The summed E-state index contributed by atoms with van der Waals surface area (Å²) in [4.78, 5) is 0. The summed E-state index contributed by atoms with van der Waals surface area (Å²) in [6.45, 7) is 1.24. The molecular weight excluding hydrogens is 156 g/mol. The SMILES string of the molecule is C/C(=C/CO)CS(=O)(=O)[O-]. The highest BCUT2D eigenvalue weighted by atomic mass is 32.2. The Morgan fingerprint density at radius 2 is 2.20 bits per heavy atom. The second-order valence-corrected chi connectivity index (χ2v) is 3.34. The molecule has 0 spiro atoms. The highest BCUT2D eigenvalue weighted by Gasteiger charge is 1.95. The molecule has 0 aliphatic heterocycles. The van der Waals surface area contributed by atoms with Crippen molar-refractivity contribution in [2.24, 2.45) is 0 Å². The van der Waals surface area contributed by atoms with Gasteiger partial charge in [0.05, 0.1) is 22.5 Å². The van der Waals surface area contributed by atoms with Crippen LogP contribution < -0.4 is 0 Å². The van der Waals surface area contributed by atoms with Crippen LogP contribution in [0, 0.1) is 0 Å². The third kappa shape index (κ3) is 5.74. The Balaban J connectivity index is 4.05. The molecule has 0 unspecified atom stereocenters. The third-order valence-corrected chi connectivity index (χ3v) is 1.65. The summed E-state index contributed by atoms with van der Waals surface area (Å²) in [5.74, 6) is -0.520. The molecular formula is C5H9O4S-. The molecule has 0 bridgehead atoms. The molecule has 0 amide bonds. The van der Waals surface area contributed by atoms with E-state index in [0.29, 0.717) is 5.57 Å². The molecule has 10 heavy (non-hydrogen) atoms. The largest absolute Gasteiger partial charge is 0.748 e. The molecule has 0 aromatic heterocycles. The molecule has 4 nitrogen and oxygen atoms in total. The van der Waals surface area contributed by atoms with Crippen LogP contribution in [0.3, 0.4) is 0 Å². The lowest BCUT2D eigenvalue weighted by Gasteiger charge is -2.05. The van der Waals surface area contributed by atoms with Gasteiger partial charge in [-0.25, -0.2) is 8.42 Å². The first-order chi connectivity index (χ1) is 4.45. The van der Waals surface area contributed by atoms with E-state index in [1.807, 2.05) is 0 Å². The fourth-order valence-corrected chi connectivity index (χ4v) is 1.17. The summed E-state index contributed by atoms with van der Waals surface area (Å²) in [6, 6.07) is 0. The lowest BCUT2D eigenvalue weighted by atomic mass is 10.3. The van der Waals surface area contributed by atoms with Gasteiger partial charge in [0.2, 0.25) is 0 Å². The van der Waals surface area contributed by atoms with E-state index in [9.17, 15) is 13.0 Å². The minimum atomic E-state index is -4.17. The highest BCUT2D eigenvalue weighted by molar-refractivity contribution is 7.85. The van der Waals surface area contributed by atoms with Crippen LogP contribution in [0.4, 0.5) is 0 Å². The maximum atomic E-state index is 10.0. The Morgan fingerprint density at radius 3 is 2.50 bits per heavy atom. The first kappa shape index (κ1) is 9.61. The van der Waals surface area contributed by atoms with Gasteiger partial charge in [0.1, 0.15) is 0 Å². The van der Waals surface area contributed by atoms with Crippen molar-refractivity contribution >= 4 is 10.1 Å². The second-order valence-electron chi connectivity index (χ2n) is 1.94. The Morgan fingerprint density at radius 1 is 1.70 bits per heavy atom. The van der Waals surface area contributed by atoms with E-state index in [1.54, 1.807) is 0 Å². The molecule has 0 fully saturated rings. The molecule has 0 aliphatic carbocycles. The van der Waals surface area contributed by atoms with Crippen LogP contribution in [-0.2, 0) is 10.1 Å². The van der Waals surface area contributed by atoms with E-state index in [1.165, 1.54) is 13.0 Å². The molecule has 0 atom stereocenters. The molecule has 5 heteroatoms. The zero-order valence-electron chi connectivity index (χ0n) is 5.57. The van der Waals surface area contributed by atoms with Gasteiger partial charge >= 0.3 is 0 Å². The van der Waals surface area contributed by atoms with E-state index in [2.05, 4.69) is 0 Å². The van der Waals surface area contributed by atoms with Crippen molar-refractivity contribution in [3.8, 4) is 0 Å². The first-order valence-corrected chi connectivity index (χ1v) is 4.23. The minimum absolute atomic E-state index is 0.235. The smallest absolute Gasteiger partial charge is 0.0985 e. The Hall–Kier alpha value is -0.390. The van der Waals surface area contributed by atoms with Crippen molar-refractivity contribution in [2.45, 2.75) is 6.92 Å². The number of rotatable bonds is 3. The number of hydrogen-bond donors (Lipinski definition) is 1. The van der Waals surface area contributed by atoms with Crippen LogP contribution in [0.1, 0.15) is 6.92 Å². The number of aliphatic hydroxyl groups excluding tert-OH is 1. The molecule has 0 radical (unpaired) electrons. The molecule has 0 saturated carbocycles. The average Bonchev–Trinajstić information content (AvgIpc) is 1.59. The van der Waals surface area contributed by atoms with Crippen molar-refractivity contribution in [3.63, 3.8) is 0 Å². The lowest BCUT2D eigenvalue weighted by molar-refractivity contribution is 0.342. The summed E-state index contributed by atoms with van der Waals surface area (Å²) in [5.41, 5.74) is 0.373. The fourth-order valence-electron chi connectivity index (χ4n) is 0.494. The number of aliphatic hydroxyl groups is 1. The van der Waals surface area contributed by atoms with Crippen LogP contribution in [0.2, 0.25) is 0 Å². The monoisotopic (exact) mass is 165 g/mol. The maximum Gasteiger partial charge on any atom is 0.0985 e. The van der Waals surface area contributed by atoms with Crippen molar-refractivity contribution in [2.75, 3.05) is 12.4 Å². The highest BCUT2D eigenvalue weighted by Crippen LogP contribution is 1.95. The topological polar surface area (TPSA) is 77.4 Å². The van der Waals surface area contributed by atoms with Gasteiger partial charge < -0.3 is 9.66 Å². The Kier molecular flexibility index (Phi) is 3.55. The van der Waals surface area contributed by atoms with Crippen LogP contribution >= 0.6 is 0 Å². The zero-order chi connectivity index (χ0) is 8.20. The number of hydrogen-bond acceptors (Lipinski definition) is 4. The predicted molar refractivity (Wildman–Crippen MR) is 35.4 cm³/mol. The lowest BCUT2D eigenvalue weighted by Crippen LogP contribution is -2.05. The fraction of sp³-hybridized carbons (Fsp3) is 0.600. The normalized spacial score (nSPS) is 13.7. The Labute approximate surface area is 59.9 Å². The zero-order valence-corrected chi connectivity index (χ0v) is 6.39. The van der Waals surface area contributed by atoms with Crippen LogP contribution in [0.15, 0.2) is 11.6 Å². The van der Waals surface area contributed by atoms with Crippen molar-refractivity contribution in [1.82, 2.24) is 0 Å². The van der Waals surface area contributed by atoms with Gasteiger partial charge in [-0.3, -0.25) is 0 Å². The van der Waals surface area contributed by atoms with Crippen LogP contribution in [0.5, 0.6) is 0 Å². The summed E-state index contributed by atoms with van der Waals surface area (Å²) < 4.78 is 30.1. The molecule has 1 N–H and O–H groups in total. The standard InChI is InChI=1S/C5H10O4S/c1-5(2-3-6)4-10(7,8)9/h2,6H,3-4H2,1H3,(H,7,8,9)/p-1/b5-2-. The molecule has 60 valence electrons. The molecule has 0 aromatic carbocycles. The summed E-state index contributed by atoms with van der Waals surface area (Å²) in [7, 11) is -4.17. The second kappa shape index (κ2) is 3.70. The summed E-state index contributed by atoms with van der Waals surface area (Å²) in [5, 5.41) is 8.26. The quantitative estimate of drug-likeness (QED) is 0.450.